The van der Waals surface area contributed by atoms with Crippen molar-refractivity contribution in [2.75, 3.05) is 0 Å². The van der Waals surface area contributed by atoms with Crippen LogP contribution in [0, 0.1) is 0 Å². The molecule has 0 aliphatic heterocycles. The molecule has 0 N–H and O–H groups in total. The Labute approximate surface area is 235 Å². The van der Waals surface area contributed by atoms with Gasteiger partial charge in [0, 0.05) is 0 Å². The molecule has 4 aromatic rings. The molecule has 198 valence electrons. The van der Waals surface area contributed by atoms with Crippen LogP contribution in [-0.4, -0.2) is 0 Å². The van der Waals surface area contributed by atoms with Gasteiger partial charge in [-0.25, -0.2) is 0 Å². The van der Waals surface area contributed by atoms with Gasteiger partial charge in [0.15, 0.2) is 0 Å². The van der Waals surface area contributed by atoms with Crippen LogP contribution in [0.4, 0.5) is 0 Å². The van der Waals surface area contributed by atoms with Crippen LogP contribution in [0.3, 0.4) is 0 Å². The highest BCUT2D eigenvalue weighted by molar-refractivity contribution is 6.00. The maximum Gasteiger partial charge on any atom is -0.000706 e. The summed E-state index contributed by atoms with van der Waals surface area (Å²) in [6, 6.07) is 22.0. The topological polar surface area (TPSA) is 0 Å². The summed E-state index contributed by atoms with van der Waals surface area (Å²) >= 11 is 0. The number of hydrogen-bond acceptors (Lipinski definition) is 0. The third-order valence-corrected chi connectivity index (χ3v) is 9.65. The van der Waals surface area contributed by atoms with Crippen molar-refractivity contribution in [3.8, 4) is 33.4 Å². The molecule has 0 nitrogen and oxygen atoms in total. The van der Waals surface area contributed by atoms with Gasteiger partial charge in [0.05, 0.1) is 0 Å². The lowest BCUT2D eigenvalue weighted by atomic mass is 9.82. The van der Waals surface area contributed by atoms with Crippen molar-refractivity contribution in [3.63, 3.8) is 0 Å². The summed E-state index contributed by atoms with van der Waals surface area (Å²) in [6.45, 7) is 21.1. The number of rotatable bonds is 0. The fourth-order valence-corrected chi connectivity index (χ4v) is 7.29. The van der Waals surface area contributed by atoms with E-state index >= 15 is 0 Å². The molecule has 0 amide bonds. The summed E-state index contributed by atoms with van der Waals surface area (Å²) in [5, 5.41) is 0. The Morgan fingerprint density at radius 2 is 0.641 bits per heavy atom. The Bertz CT molecular complexity index is 1480. The molecule has 0 saturated heterocycles. The van der Waals surface area contributed by atoms with Crippen molar-refractivity contribution in [2.24, 2.45) is 0 Å². The summed E-state index contributed by atoms with van der Waals surface area (Å²) < 4.78 is 0. The standard InChI is InChI=1S/C39H42/c1-37(2,3)25-13-10-22-16-31-34(28(22)19-25)32-17-23-11-14-26(38(4,5)6)20-29(23)36(32)33-18-24-12-15-27(39(7,8)9)21-30(24)35(31)33/h10-15,19-21H,16-18H2,1-9H3. The van der Waals surface area contributed by atoms with Crippen LogP contribution in [0.15, 0.2) is 54.6 Å². The summed E-state index contributed by atoms with van der Waals surface area (Å²) in [5.74, 6) is 0. The van der Waals surface area contributed by atoms with Gasteiger partial charge in [0.1, 0.15) is 0 Å². The molecule has 0 bridgehead atoms. The molecule has 0 radical (unpaired) electrons. The molecular formula is C39H42. The normalized spacial score (nSPS) is 15.0. The number of benzene rings is 4. The van der Waals surface area contributed by atoms with Gasteiger partial charge in [0.25, 0.3) is 0 Å². The van der Waals surface area contributed by atoms with E-state index in [0.717, 1.165) is 19.3 Å². The fourth-order valence-electron chi connectivity index (χ4n) is 7.29. The zero-order valence-electron chi connectivity index (χ0n) is 25.3. The summed E-state index contributed by atoms with van der Waals surface area (Å²) in [5.41, 5.74) is 23.1. The molecule has 7 rings (SSSR count). The Kier molecular flexibility index (Phi) is 4.95. The van der Waals surface area contributed by atoms with Crippen molar-refractivity contribution in [1.29, 1.82) is 0 Å². The van der Waals surface area contributed by atoms with E-state index in [9.17, 15) is 0 Å². The average Bonchev–Trinajstić information content (AvgIpc) is 3.51. The highest BCUT2D eigenvalue weighted by atomic mass is 14.4. The highest BCUT2D eigenvalue weighted by Gasteiger charge is 2.38. The van der Waals surface area contributed by atoms with Crippen molar-refractivity contribution in [3.05, 3.63) is 105 Å². The van der Waals surface area contributed by atoms with E-state index in [0.29, 0.717) is 0 Å². The van der Waals surface area contributed by atoms with Crippen LogP contribution in [0.25, 0.3) is 33.4 Å². The molecule has 39 heavy (non-hydrogen) atoms. The van der Waals surface area contributed by atoms with Gasteiger partial charge in [0.2, 0.25) is 0 Å². The monoisotopic (exact) mass is 510 g/mol. The Hall–Kier alpha value is -3.12. The van der Waals surface area contributed by atoms with Crippen LogP contribution in [0.5, 0.6) is 0 Å². The van der Waals surface area contributed by atoms with Crippen LogP contribution in [-0.2, 0) is 35.5 Å². The maximum atomic E-state index is 2.53. The number of fused-ring (bicyclic) bond motifs is 12. The Balaban J connectivity index is 1.56. The lowest BCUT2D eigenvalue weighted by Gasteiger charge is -2.22. The van der Waals surface area contributed by atoms with E-state index in [1.807, 2.05) is 0 Å². The van der Waals surface area contributed by atoms with Gasteiger partial charge < -0.3 is 0 Å². The van der Waals surface area contributed by atoms with Crippen LogP contribution < -0.4 is 0 Å². The molecule has 0 atom stereocenters. The largest absolute Gasteiger partial charge is 0.0582 e. The first-order valence-corrected chi connectivity index (χ1v) is 14.8. The third kappa shape index (κ3) is 3.63. The van der Waals surface area contributed by atoms with Crippen LogP contribution >= 0.6 is 0 Å². The lowest BCUT2D eigenvalue weighted by molar-refractivity contribution is 0.590. The van der Waals surface area contributed by atoms with Gasteiger partial charge in [-0.2, -0.15) is 0 Å². The molecular weight excluding hydrogens is 468 g/mol. The third-order valence-electron chi connectivity index (χ3n) is 9.65. The Morgan fingerprint density at radius 1 is 0.385 bits per heavy atom. The molecule has 0 unspecified atom stereocenters. The minimum atomic E-state index is 0.135. The van der Waals surface area contributed by atoms with Gasteiger partial charge in [-0.15, -0.1) is 0 Å². The molecule has 0 spiro atoms. The van der Waals surface area contributed by atoms with Gasteiger partial charge in [-0.05, 0) is 119 Å². The molecule has 0 aromatic heterocycles. The second-order valence-electron chi connectivity index (χ2n) is 15.5. The van der Waals surface area contributed by atoms with Gasteiger partial charge >= 0.3 is 0 Å². The Morgan fingerprint density at radius 3 is 0.872 bits per heavy atom. The van der Waals surface area contributed by atoms with Crippen molar-refractivity contribution in [2.45, 2.75) is 97.8 Å². The SMILES string of the molecule is CC(C)(C)c1ccc2c(c1)-c1c(c3c(c4c1Cc1ccc(C(C)(C)C)cc1-4)Cc1ccc(C(C)(C)C)cc1-3)C2. The van der Waals surface area contributed by atoms with E-state index in [1.54, 1.807) is 33.4 Å². The average molecular weight is 511 g/mol. The van der Waals surface area contributed by atoms with Crippen LogP contribution in [0.1, 0.15) is 112 Å². The van der Waals surface area contributed by atoms with Crippen molar-refractivity contribution >= 4 is 0 Å². The minimum absolute atomic E-state index is 0.135. The van der Waals surface area contributed by atoms with E-state index in [1.165, 1.54) is 50.1 Å². The van der Waals surface area contributed by atoms with Gasteiger partial charge in [-0.1, -0.05) is 117 Å². The van der Waals surface area contributed by atoms with E-state index in [4.69, 9.17) is 0 Å². The highest BCUT2D eigenvalue weighted by Crippen LogP contribution is 2.57. The second-order valence-corrected chi connectivity index (χ2v) is 15.5. The van der Waals surface area contributed by atoms with E-state index in [2.05, 4.69) is 117 Å². The second kappa shape index (κ2) is 7.75. The first kappa shape index (κ1) is 24.9. The quantitative estimate of drug-likeness (QED) is 0.190. The smallest absolute Gasteiger partial charge is 0.000706 e. The molecule has 3 aliphatic rings. The summed E-state index contributed by atoms with van der Waals surface area (Å²) in [4.78, 5) is 0. The number of hydrogen-bond donors (Lipinski definition) is 0. The lowest BCUT2D eigenvalue weighted by Crippen LogP contribution is -2.11. The molecule has 0 saturated carbocycles. The van der Waals surface area contributed by atoms with E-state index < -0.39 is 0 Å². The molecule has 0 heteroatoms. The molecule has 0 fully saturated rings. The molecule has 4 aromatic carbocycles. The first-order chi connectivity index (χ1) is 18.2. The van der Waals surface area contributed by atoms with E-state index in [-0.39, 0.29) is 16.2 Å². The molecule has 0 heterocycles. The van der Waals surface area contributed by atoms with Gasteiger partial charge in [-0.3, -0.25) is 0 Å². The predicted molar refractivity (Wildman–Crippen MR) is 167 cm³/mol. The zero-order chi connectivity index (χ0) is 27.6. The summed E-state index contributed by atoms with van der Waals surface area (Å²) in [6.07, 6.45) is 3.15. The molecule has 3 aliphatic carbocycles. The summed E-state index contributed by atoms with van der Waals surface area (Å²) in [7, 11) is 0. The maximum absolute atomic E-state index is 2.53. The zero-order valence-corrected chi connectivity index (χ0v) is 25.3. The van der Waals surface area contributed by atoms with Crippen molar-refractivity contribution in [1.82, 2.24) is 0 Å². The predicted octanol–water partition coefficient (Wildman–Crippen LogP) is 10.3. The first-order valence-electron chi connectivity index (χ1n) is 14.8. The fraction of sp³-hybridized carbons (Fsp3) is 0.385. The van der Waals surface area contributed by atoms with Crippen molar-refractivity contribution < 1.29 is 0 Å². The van der Waals surface area contributed by atoms with Crippen LogP contribution in [0.2, 0.25) is 0 Å². The minimum Gasteiger partial charge on any atom is -0.0582 e.